The number of hydrogen-bond donors (Lipinski definition) is 3. The minimum Gasteiger partial charge on any atom is -0.335 e. The Balaban J connectivity index is 1.47. The molecule has 3 amide bonds. The summed E-state index contributed by atoms with van der Waals surface area (Å²) in [6.45, 7) is 7.26. The van der Waals surface area contributed by atoms with Gasteiger partial charge in [-0.1, -0.05) is 26.0 Å². The third-order valence-corrected chi connectivity index (χ3v) is 7.00. The third-order valence-electron chi connectivity index (χ3n) is 7.00. The van der Waals surface area contributed by atoms with Gasteiger partial charge in [0, 0.05) is 43.1 Å². The number of hydrogen-bond acceptors (Lipinski definition) is 4. The highest BCUT2D eigenvalue weighted by atomic mass is 19.1. The molecule has 1 aliphatic carbocycles. The van der Waals surface area contributed by atoms with E-state index >= 15 is 0 Å². The summed E-state index contributed by atoms with van der Waals surface area (Å²) < 4.78 is 13.5. The molecule has 3 N–H and O–H groups in total. The van der Waals surface area contributed by atoms with Crippen molar-refractivity contribution >= 4 is 35.0 Å². The second-order valence-corrected chi connectivity index (χ2v) is 10.2. The van der Waals surface area contributed by atoms with E-state index in [9.17, 15) is 19.2 Å². The lowest BCUT2D eigenvalue weighted by atomic mass is 10.00. The van der Waals surface area contributed by atoms with Gasteiger partial charge >= 0.3 is 6.03 Å². The number of guanidine groups is 1. The largest absolute Gasteiger partial charge is 0.335 e. The van der Waals surface area contributed by atoms with Gasteiger partial charge in [-0.3, -0.25) is 4.79 Å². The van der Waals surface area contributed by atoms with Crippen LogP contribution in [0.2, 0.25) is 0 Å². The molecule has 1 aliphatic heterocycles. The predicted octanol–water partition coefficient (Wildman–Crippen LogP) is 5.00. The van der Waals surface area contributed by atoms with Gasteiger partial charge in [0.2, 0.25) is 18.1 Å². The molecule has 0 spiro atoms. The van der Waals surface area contributed by atoms with E-state index in [1.165, 1.54) is 12.1 Å². The Labute approximate surface area is 222 Å². The Morgan fingerprint density at radius 3 is 2.47 bits per heavy atom. The van der Waals surface area contributed by atoms with Crippen LogP contribution in [0.25, 0.3) is 0 Å². The summed E-state index contributed by atoms with van der Waals surface area (Å²) in [6.07, 6.45) is 4.65. The lowest BCUT2D eigenvalue weighted by Gasteiger charge is -2.44. The Kier molecular flexibility index (Phi) is 8.46. The van der Waals surface area contributed by atoms with Crippen LogP contribution < -0.4 is 16.0 Å². The second-order valence-electron chi connectivity index (χ2n) is 10.2. The summed E-state index contributed by atoms with van der Waals surface area (Å²) in [5.41, 5.74) is 2.69. The van der Waals surface area contributed by atoms with Gasteiger partial charge in [-0.05, 0) is 67.5 Å². The first-order chi connectivity index (χ1) is 18.2. The molecule has 1 unspecified atom stereocenters. The number of carbonyl (C=O) groups excluding carboxylic acids is 2. The Hall–Kier alpha value is -4.13. The molecule has 200 valence electrons. The maximum Gasteiger partial charge on any atom is 0.321 e. The highest BCUT2D eigenvalue weighted by Crippen LogP contribution is 2.33. The molecule has 2 aromatic rings. The first-order valence-electron chi connectivity index (χ1n) is 13.0. The zero-order valence-corrected chi connectivity index (χ0v) is 22.0. The lowest BCUT2D eigenvalue weighted by molar-refractivity contribution is -0.116. The van der Waals surface area contributed by atoms with Crippen molar-refractivity contribution in [2.45, 2.75) is 46.1 Å². The number of urea groups is 1. The van der Waals surface area contributed by atoms with Gasteiger partial charge in [-0.15, -0.1) is 4.99 Å². The van der Waals surface area contributed by atoms with Crippen molar-refractivity contribution in [1.29, 1.82) is 5.26 Å². The molecule has 0 bridgehead atoms. The van der Waals surface area contributed by atoms with Crippen molar-refractivity contribution < 1.29 is 14.0 Å². The van der Waals surface area contributed by atoms with E-state index in [2.05, 4.69) is 34.8 Å². The highest BCUT2D eigenvalue weighted by Gasteiger charge is 2.34. The maximum atomic E-state index is 13.5. The molecule has 2 aromatic carbocycles. The molecule has 10 heteroatoms. The molecule has 2 aliphatic rings. The van der Waals surface area contributed by atoms with E-state index in [1.807, 2.05) is 36.2 Å². The first kappa shape index (κ1) is 26.9. The van der Waals surface area contributed by atoms with Crippen LogP contribution in [0.4, 0.5) is 26.2 Å². The summed E-state index contributed by atoms with van der Waals surface area (Å²) >= 11 is 0. The molecule has 9 nitrogen and oxygen atoms in total. The number of nitrogens with zero attached hydrogens (tertiary/aromatic N) is 4. The van der Waals surface area contributed by atoms with Crippen LogP contribution in [0.1, 0.15) is 38.7 Å². The number of anilines is 3. The van der Waals surface area contributed by atoms with Crippen LogP contribution in [0, 0.1) is 36.0 Å². The van der Waals surface area contributed by atoms with Crippen LogP contribution in [0.15, 0.2) is 47.5 Å². The van der Waals surface area contributed by atoms with E-state index in [1.54, 1.807) is 17.0 Å². The van der Waals surface area contributed by atoms with E-state index in [-0.39, 0.29) is 23.9 Å². The number of benzene rings is 2. The topological polar surface area (TPSA) is 113 Å². The van der Waals surface area contributed by atoms with Gasteiger partial charge in [-0.25, -0.2) is 9.18 Å². The van der Waals surface area contributed by atoms with Gasteiger partial charge in [0.15, 0.2) is 0 Å². The molecular weight excluding hydrogens is 485 g/mol. The van der Waals surface area contributed by atoms with E-state index in [0.29, 0.717) is 43.6 Å². The van der Waals surface area contributed by atoms with E-state index in [0.717, 1.165) is 29.8 Å². The van der Waals surface area contributed by atoms with Crippen LogP contribution in [-0.4, -0.2) is 53.4 Å². The maximum absolute atomic E-state index is 13.5. The molecule has 1 saturated heterocycles. The fraction of sp³-hybridized carbons (Fsp3) is 0.429. The monoisotopic (exact) mass is 519 g/mol. The molecule has 2 fully saturated rings. The number of nitrogens with one attached hydrogen (secondary N) is 3. The Morgan fingerprint density at radius 1 is 1.11 bits per heavy atom. The quantitative estimate of drug-likeness (QED) is 0.283. The number of carbonyl (C=O) groups is 2. The fourth-order valence-electron chi connectivity index (χ4n) is 4.62. The summed E-state index contributed by atoms with van der Waals surface area (Å²) in [7, 11) is 0. The standard InChI is InChI=1S/C28H34FN7O2/c1-18(2)25-16-35(28(38)32-22-7-4-6-21(29)15-22)12-13-36(25)27(31-17-30)34-24-9-5-8-23(19(24)3)33-26(37)14-20-10-11-20/h4-9,15,18,20,25H,10-14,16H2,1-3H3,(H,31,34)(H,32,38)(H,33,37). The Bertz CT molecular complexity index is 1250. The molecule has 0 radical (unpaired) electrons. The summed E-state index contributed by atoms with van der Waals surface area (Å²) in [4.78, 5) is 33.1. The van der Waals surface area contributed by atoms with Crippen molar-refractivity contribution in [3.8, 4) is 6.19 Å². The van der Waals surface area contributed by atoms with Gasteiger partial charge in [0.1, 0.15) is 5.82 Å². The molecule has 0 aromatic heterocycles. The lowest BCUT2D eigenvalue weighted by Crippen LogP contribution is -2.60. The minimum absolute atomic E-state index is 0.00572. The minimum atomic E-state index is -0.419. The van der Waals surface area contributed by atoms with Crippen molar-refractivity contribution in [2.75, 3.05) is 35.6 Å². The Morgan fingerprint density at radius 2 is 1.82 bits per heavy atom. The summed E-state index contributed by atoms with van der Waals surface area (Å²) in [5, 5.41) is 18.5. The van der Waals surface area contributed by atoms with Crippen LogP contribution >= 0.6 is 0 Å². The zero-order chi connectivity index (χ0) is 27.2. The van der Waals surface area contributed by atoms with Crippen LogP contribution in [0.3, 0.4) is 0 Å². The average molecular weight is 520 g/mol. The normalized spacial score (nSPS) is 17.7. The SMILES string of the molecule is Cc1c(NC(=O)CC2CC2)cccc1N/C(=N/C#N)N1CCN(C(=O)Nc2cccc(F)c2)CC1C(C)C. The second kappa shape index (κ2) is 11.9. The van der Waals surface area contributed by atoms with Gasteiger partial charge in [0.05, 0.1) is 6.04 Å². The van der Waals surface area contributed by atoms with Crippen LogP contribution in [-0.2, 0) is 4.79 Å². The van der Waals surface area contributed by atoms with Crippen molar-refractivity contribution in [1.82, 2.24) is 9.80 Å². The number of aliphatic imine (C=N–C) groups is 1. The molecule has 1 heterocycles. The average Bonchev–Trinajstić information content (AvgIpc) is 3.69. The number of amides is 3. The van der Waals surface area contributed by atoms with Crippen molar-refractivity contribution in [3.63, 3.8) is 0 Å². The number of nitriles is 1. The number of rotatable bonds is 6. The van der Waals surface area contributed by atoms with E-state index in [4.69, 9.17) is 0 Å². The number of halogens is 1. The molecule has 38 heavy (non-hydrogen) atoms. The first-order valence-corrected chi connectivity index (χ1v) is 13.0. The van der Waals surface area contributed by atoms with Crippen molar-refractivity contribution in [2.24, 2.45) is 16.8 Å². The van der Waals surface area contributed by atoms with E-state index < -0.39 is 5.82 Å². The predicted molar refractivity (Wildman–Crippen MR) is 146 cm³/mol. The smallest absolute Gasteiger partial charge is 0.321 e. The third kappa shape index (κ3) is 6.79. The van der Waals surface area contributed by atoms with Gasteiger partial charge in [-0.2, -0.15) is 5.26 Å². The van der Waals surface area contributed by atoms with Gasteiger partial charge < -0.3 is 25.8 Å². The zero-order valence-electron chi connectivity index (χ0n) is 22.0. The number of piperazine rings is 1. The summed E-state index contributed by atoms with van der Waals surface area (Å²) in [5.74, 6) is 0.609. The molecule has 4 rings (SSSR count). The fourth-order valence-corrected chi connectivity index (χ4v) is 4.62. The van der Waals surface area contributed by atoms with Crippen molar-refractivity contribution in [3.05, 3.63) is 53.8 Å². The molecule has 1 atom stereocenters. The summed E-state index contributed by atoms with van der Waals surface area (Å²) in [6, 6.07) is 11.0. The van der Waals surface area contributed by atoms with Crippen LogP contribution in [0.5, 0.6) is 0 Å². The molecular formula is C28H34FN7O2. The highest BCUT2D eigenvalue weighted by molar-refractivity contribution is 5.98. The molecule has 1 saturated carbocycles. The van der Waals surface area contributed by atoms with Gasteiger partial charge in [0.25, 0.3) is 0 Å².